The van der Waals surface area contributed by atoms with E-state index in [1.807, 2.05) is 13.0 Å². The number of allylic oxidation sites excluding steroid dienone is 2. The number of benzene rings is 1. The van der Waals surface area contributed by atoms with Crippen LogP contribution in [0.4, 0.5) is 0 Å². The number of ether oxygens (including phenoxy) is 1. The Morgan fingerprint density at radius 3 is 2.61 bits per heavy atom. The van der Waals surface area contributed by atoms with Crippen LogP contribution in [0.2, 0.25) is 0 Å². The molecule has 0 atom stereocenters. The van der Waals surface area contributed by atoms with Gasteiger partial charge in [-0.05, 0) is 44.7 Å². The smallest absolute Gasteiger partial charge is 0.328 e. The molecule has 0 bridgehead atoms. The zero-order valence-corrected chi connectivity index (χ0v) is 15.8. The highest BCUT2D eigenvalue weighted by atomic mass is 16.5. The second-order valence-corrected chi connectivity index (χ2v) is 6.62. The lowest BCUT2D eigenvalue weighted by atomic mass is 10.0. The number of amides is 1. The highest BCUT2D eigenvalue weighted by molar-refractivity contribution is 5.82. The minimum atomic E-state index is -0.768. The van der Waals surface area contributed by atoms with Crippen molar-refractivity contribution in [3.05, 3.63) is 56.7 Å². The summed E-state index contributed by atoms with van der Waals surface area (Å²) in [7, 11) is 0. The molecular weight excluding hydrogens is 362 g/mol. The molecule has 1 aromatic heterocycles. The van der Waals surface area contributed by atoms with E-state index < -0.39 is 30.2 Å². The van der Waals surface area contributed by atoms with E-state index in [-0.39, 0.29) is 16.7 Å². The predicted molar refractivity (Wildman–Crippen MR) is 104 cm³/mol. The number of hydrogen-bond donors (Lipinski definition) is 1. The molecule has 28 heavy (non-hydrogen) atoms. The van der Waals surface area contributed by atoms with Crippen LogP contribution in [0.25, 0.3) is 10.8 Å². The molecule has 1 aliphatic rings. The Hall–Kier alpha value is -3.16. The number of esters is 1. The Balaban J connectivity index is 1.66. The molecule has 0 aliphatic heterocycles. The van der Waals surface area contributed by atoms with Crippen molar-refractivity contribution in [1.29, 1.82) is 0 Å². The van der Waals surface area contributed by atoms with E-state index in [9.17, 15) is 19.2 Å². The number of nitrogens with one attached hydrogen (secondary N) is 1. The van der Waals surface area contributed by atoms with Crippen LogP contribution in [0.5, 0.6) is 0 Å². The minimum Gasteiger partial charge on any atom is -0.454 e. The van der Waals surface area contributed by atoms with Crippen molar-refractivity contribution in [3.63, 3.8) is 0 Å². The third kappa shape index (κ3) is 4.21. The molecule has 1 N–H and O–H groups in total. The molecule has 1 heterocycles. The number of likely N-dealkylation sites (N-methyl/N-ethyl adjacent to an activating group) is 1. The molecule has 2 aromatic rings. The van der Waals surface area contributed by atoms with Gasteiger partial charge in [0, 0.05) is 12.2 Å². The first-order valence-electron chi connectivity index (χ1n) is 9.38. The topological polar surface area (TPSA) is 101 Å². The second kappa shape index (κ2) is 8.69. The van der Waals surface area contributed by atoms with Crippen LogP contribution in [-0.2, 0) is 20.9 Å². The fraction of sp³-hybridized carbons (Fsp3) is 0.400. The van der Waals surface area contributed by atoms with Gasteiger partial charge in [0.2, 0.25) is 0 Å². The van der Waals surface area contributed by atoms with Crippen LogP contribution in [0, 0.1) is 0 Å². The number of hydrogen-bond acceptors (Lipinski definition) is 5. The van der Waals surface area contributed by atoms with Crippen LogP contribution in [0.15, 0.2) is 45.6 Å². The summed E-state index contributed by atoms with van der Waals surface area (Å²) in [6.45, 7) is 1.49. The van der Waals surface area contributed by atoms with Crippen molar-refractivity contribution in [1.82, 2.24) is 14.7 Å². The Morgan fingerprint density at radius 1 is 1.18 bits per heavy atom. The highest BCUT2D eigenvalue weighted by Gasteiger charge is 2.20. The molecule has 0 unspecified atom stereocenters. The van der Waals surface area contributed by atoms with Crippen molar-refractivity contribution in [2.24, 2.45) is 0 Å². The third-order valence-corrected chi connectivity index (χ3v) is 4.76. The van der Waals surface area contributed by atoms with E-state index in [0.29, 0.717) is 6.54 Å². The number of nitrogens with zero attached hydrogens (tertiary/aromatic N) is 2. The first kappa shape index (κ1) is 19.6. The number of rotatable bonds is 6. The van der Waals surface area contributed by atoms with Crippen molar-refractivity contribution in [3.8, 4) is 0 Å². The van der Waals surface area contributed by atoms with Crippen LogP contribution < -0.4 is 11.1 Å². The average Bonchev–Trinajstić information content (AvgIpc) is 2.72. The van der Waals surface area contributed by atoms with Gasteiger partial charge >= 0.3 is 5.97 Å². The Morgan fingerprint density at radius 2 is 1.93 bits per heavy atom. The molecule has 1 amide bonds. The summed E-state index contributed by atoms with van der Waals surface area (Å²) in [5.74, 6) is -1.07. The van der Waals surface area contributed by atoms with Gasteiger partial charge in [-0.1, -0.05) is 18.2 Å². The van der Waals surface area contributed by atoms with Gasteiger partial charge < -0.3 is 9.64 Å². The molecular formula is C20H23N3O5. The number of aromatic nitrogens is 2. The predicted octanol–water partition coefficient (Wildman–Crippen LogP) is 1.54. The zero-order valence-electron chi connectivity index (χ0n) is 15.8. The Kier molecular flexibility index (Phi) is 6.08. The largest absolute Gasteiger partial charge is 0.454 e. The maximum Gasteiger partial charge on any atom is 0.328 e. The van der Waals surface area contributed by atoms with E-state index >= 15 is 0 Å². The minimum absolute atomic E-state index is 0.219. The summed E-state index contributed by atoms with van der Waals surface area (Å²) >= 11 is 0. The summed E-state index contributed by atoms with van der Waals surface area (Å²) in [5, 5.41) is 2.84. The molecule has 3 rings (SSSR count). The van der Waals surface area contributed by atoms with E-state index in [4.69, 9.17) is 4.74 Å². The van der Waals surface area contributed by atoms with Gasteiger partial charge in [-0.3, -0.25) is 24.3 Å². The van der Waals surface area contributed by atoms with E-state index in [1.54, 1.807) is 17.0 Å². The SMILES string of the molecule is CCN(C(=O)COC(=O)Cn1[nH]c(=O)c2ccccc2c1=O)C1=CCCCC1. The van der Waals surface area contributed by atoms with Crippen molar-refractivity contribution < 1.29 is 14.3 Å². The van der Waals surface area contributed by atoms with Gasteiger partial charge in [0.1, 0.15) is 6.54 Å². The summed E-state index contributed by atoms with van der Waals surface area (Å²) in [6, 6.07) is 6.36. The zero-order chi connectivity index (χ0) is 20.1. The van der Waals surface area contributed by atoms with E-state index in [0.717, 1.165) is 36.1 Å². The van der Waals surface area contributed by atoms with E-state index in [2.05, 4.69) is 5.10 Å². The molecule has 148 valence electrons. The number of aromatic amines is 1. The summed E-state index contributed by atoms with van der Waals surface area (Å²) in [4.78, 5) is 50.6. The van der Waals surface area contributed by atoms with Crippen LogP contribution in [0.3, 0.4) is 0 Å². The van der Waals surface area contributed by atoms with Crippen molar-refractivity contribution >= 4 is 22.6 Å². The number of carbonyl (C=O) groups is 2. The van der Waals surface area contributed by atoms with Gasteiger partial charge in [0.25, 0.3) is 17.0 Å². The molecule has 0 saturated carbocycles. The van der Waals surface area contributed by atoms with Gasteiger partial charge in [0.05, 0.1) is 10.8 Å². The van der Waals surface area contributed by atoms with Crippen molar-refractivity contribution in [2.75, 3.05) is 13.2 Å². The Bertz CT molecular complexity index is 1030. The maximum absolute atomic E-state index is 12.4. The van der Waals surface area contributed by atoms with Crippen LogP contribution >= 0.6 is 0 Å². The van der Waals surface area contributed by atoms with Crippen molar-refractivity contribution in [2.45, 2.75) is 39.2 Å². The van der Waals surface area contributed by atoms with Gasteiger partial charge in [-0.15, -0.1) is 0 Å². The van der Waals surface area contributed by atoms with Crippen LogP contribution in [0.1, 0.15) is 32.6 Å². The first-order chi connectivity index (χ1) is 13.5. The second-order valence-electron chi connectivity index (χ2n) is 6.62. The number of H-pyrrole nitrogens is 1. The summed E-state index contributed by atoms with van der Waals surface area (Å²) in [6.07, 6.45) is 5.97. The standard InChI is InChI=1S/C20H23N3O5/c1-2-22(14-8-4-3-5-9-14)17(24)13-28-18(25)12-23-20(27)16-11-7-6-10-15(16)19(26)21-23/h6-8,10-11H,2-5,9,12-13H2,1H3,(H,21,26). The maximum atomic E-state index is 12.4. The molecule has 0 radical (unpaired) electrons. The van der Waals surface area contributed by atoms with Gasteiger partial charge in [-0.2, -0.15) is 0 Å². The molecule has 8 nitrogen and oxygen atoms in total. The lowest BCUT2D eigenvalue weighted by Gasteiger charge is -2.26. The molecule has 0 fully saturated rings. The normalized spacial score (nSPS) is 13.8. The molecule has 8 heteroatoms. The average molecular weight is 385 g/mol. The lowest BCUT2D eigenvalue weighted by Crippen LogP contribution is -2.36. The quantitative estimate of drug-likeness (QED) is 0.760. The molecule has 0 saturated heterocycles. The Labute approximate surface area is 161 Å². The van der Waals surface area contributed by atoms with Crippen LogP contribution in [-0.4, -0.2) is 39.7 Å². The fourth-order valence-electron chi connectivity index (χ4n) is 3.36. The third-order valence-electron chi connectivity index (χ3n) is 4.76. The lowest BCUT2D eigenvalue weighted by molar-refractivity contribution is -0.152. The monoisotopic (exact) mass is 385 g/mol. The fourth-order valence-corrected chi connectivity index (χ4v) is 3.36. The van der Waals surface area contributed by atoms with Gasteiger partial charge in [0.15, 0.2) is 6.61 Å². The molecule has 1 aromatic carbocycles. The molecule has 1 aliphatic carbocycles. The first-order valence-corrected chi connectivity index (χ1v) is 9.38. The number of carbonyl (C=O) groups excluding carboxylic acids is 2. The number of fused-ring (bicyclic) bond motifs is 1. The molecule has 0 spiro atoms. The highest BCUT2D eigenvalue weighted by Crippen LogP contribution is 2.20. The van der Waals surface area contributed by atoms with Gasteiger partial charge in [-0.25, -0.2) is 4.68 Å². The van der Waals surface area contributed by atoms with E-state index in [1.165, 1.54) is 12.1 Å². The summed E-state index contributed by atoms with van der Waals surface area (Å²) < 4.78 is 5.95. The summed E-state index contributed by atoms with van der Waals surface area (Å²) in [5.41, 5.74) is -0.00799.